The van der Waals surface area contributed by atoms with E-state index in [9.17, 15) is 24.3 Å². The molecule has 4 aliphatic rings. The van der Waals surface area contributed by atoms with Crippen LogP contribution in [0.5, 0.6) is 17.2 Å². The van der Waals surface area contributed by atoms with Gasteiger partial charge in [0.05, 0.1) is 31.5 Å². The summed E-state index contributed by atoms with van der Waals surface area (Å²) in [6.45, 7) is 5.39. The molecule has 5 rings (SSSR count). The molecule has 0 radical (unpaired) electrons. The molecule has 0 aromatic heterocycles. The Bertz CT molecular complexity index is 1320. The summed E-state index contributed by atoms with van der Waals surface area (Å²) in [6.07, 6.45) is 1.98. The molecule has 9 nitrogen and oxygen atoms in total. The van der Waals surface area contributed by atoms with Crippen LogP contribution in [0.3, 0.4) is 0 Å². The number of rotatable bonds is 4. The van der Waals surface area contributed by atoms with Crippen molar-refractivity contribution in [2.24, 2.45) is 17.8 Å². The van der Waals surface area contributed by atoms with Gasteiger partial charge in [-0.1, -0.05) is 27.6 Å². The summed E-state index contributed by atoms with van der Waals surface area (Å²) in [5.74, 6) is -4.96. The molecule has 0 bridgehead atoms. The third-order valence-corrected chi connectivity index (χ3v) is 10.4. The largest absolute Gasteiger partial charge is 0.508 e. The minimum absolute atomic E-state index is 0.116. The van der Waals surface area contributed by atoms with E-state index >= 15 is 0 Å². The number of ether oxygens (including phenoxy) is 2. The van der Waals surface area contributed by atoms with E-state index in [1.165, 1.54) is 31.3 Å². The fraction of sp³-hybridized carbons (Fsp3) is 0.556. The summed E-state index contributed by atoms with van der Waals surface area (Å²) in [5, 5.41) is 10.3. The van der Waals surface area contributed by atoms with Gasteiger partial charge in [0.1, 0.15) is 17.2 Å². The zero-order valence-electron chi connectivity index (χ0n) is 22.1. The highest BCUT2D eigenvalue weighted by molar-refractivity contribution is 9.09. The number of hydrogen-bond donors (Lipinski definition) is 1. The number of amides is 4. The number of methoxy groups -OCH3 is 2. The Kier molecular flexibility index (Phi) is 6.59. The first-order valence-electron chi connectivity index (χ1n) is 12.5. The Labute approximate surface area is 244 Å². The van der Waals surface area contributed by atoms with Gasteiger partial charge in [0, 0.05) is 29.2 Å². The Morgan fingerprint density at radius 3 is 2.13 bits per heavy atom. The number of imide groups is 2. The third kappa shape index (κ3) is 3.56. The summed E-state index contributed by atoms with van der Waals surface area (Å²) in [4.78, 5) is 53.3. The first-order chi connectivity index (χ1) is 18.2. The Morgan fingerprint density at radius 2 is 1.62 bits per heavy atom. The summed E-state index contributed by atoms with van der Waals surface area (Å²) in [7, 11) is 2.79. The van der Waals surface area contributed by atoms with Crippen LogP contribution in [0.1, 0.15) is 45.1 Å². The Morgan fingerprint density at radius 1 is 1.03 bits per heavy atom. The summed E-state index contributed by atoms with van der Waals surface area (Å²) in [5.41, 5.74) is 0.0487. The summed E-state index contributed by atoms with van der Waals surface area (Å²) in [6, 6.07) is 2.72. The molecular formula is C27H29BrCl2N2O7. The highest BCUT2D eigenvalue weighted by Crippen LogP contribution is 2.67. The Hall–Kier alpha value is -2.30. The average Bonchev–Trinajstić information content (AvgIpc) is 3.21. The van der Waals surface area contributed by atoms with Gasteiger partial charge in [-0.05, 0) is 39.5 Å². The maximum Gasteiger partial charge on any atom is 0.254 e. The number of phenolic OH excluding ortho intramolecular Hbond substituents is 1. The number of likely N-dealkylation sites (tertiary alicyclic amines) is 2. The maximum atomic E-state index is 13.9. The molecule has 210 valence electrons. The summed E-state index contributed by atoms with van der Waals surface area (Å²) < 4.78 is 11.2. The van der Waals surface area contributed by atoms with Gasteiger partial charge in [0.15, 0.2) is 9.75 Å². The molecule has 6 atom stereocenters. The number of nitrogens with zero attached hydrogens (tertiary/aromatic N) is 2. The zero-order chi connectivity index (χ0) is 28.8. The quantitative estimate of drug-likeness (QED) is 0.229. The van der Waals surface area contributed by atoms with E-state index in [1.54, 1.807) is 20.8 Å². The molecular weight excluding hydrogens is 615 g/mol. The molecule has 2 saturated heterocycles. The lowest BCUT2D eigenvalue weighted by molar-refractivity contribution is -0.146. The smallest absolute Gasteiger partial charge is 0.254 e. The molecule has 6 unspecified atom stereocenters. The van der Waals surface area contributed by atoms with Crippen molar-refractivity contribution in [2.45, 2.75) is 54.8 Å². The standard InChI is InChI=1S/C27H29BrCl2N2O7/c1-25(2,3)32-21(34)14-7-6-13-15(18(14)22(32)35)10-26(29)23(36)31(11-28)24(37)27(26,30)20(13)19-16(38-4)8-12(33)9-17(19)39-5/h6,8-9,14-15,18,20,33H,7,10-11H2,1-5H3. The molecule has 1 aromatic rings. The normalized spacial score (nSPS) is 34.1. The van der Waals surface area contributed by atoms with Crippen LogP contribution in [-0.2, 0) is 19.2 Å². The lowest BCUT2D eigenvalue weighted by Gasteiger charge is -2.51. The van der Waals surface area contributed by atoms with Crippen molar-refractivity contribution in [3.8, 4) is 17.2 Å². The van der Waals surface area contributed by atoms with Crippen molar-refractivity contribution < 1.29 is 33.8 Å². The van der Waals surface area contributed by atoms with Crippen LogP contribution in [0, 0.1) is 17.8 Å². The molecule has 1 aromatic carbocycles. The van der Waals surface area contributed by atoms with Crippen molar-refractivity contribution >= 4 is 62.8 Å². The number of carbonyl (C=O) groups excluding carboxylic acids is 4. The second-order valence-electron chi connectivity index (χ2n) is 11.4. The molecule has 2 heterocycles. The topological polar surface area (TPSA) is 113 Å². The molecule has 12 heteroatoms. The predicted molar refractivity (Wildman–Crippen MR) is 146 cm³/mol. The van der Waals surface area contributed by atoms with Crippen LogP contribution >= 0.6 is 39.1 Å². The average molecular weight is 644 g/mol. The first kappa shape index (κ1) is 28.2. The van der Waals surface area contributed by atoms with Gasteiger partial charge in [-0.3, -0.25) is 29.0 Å². The molecule has 1 N–H and O–H groups in total. The minimum Gasteiger partial charge on any atom is -0.508 e. The van der Waals surface area contributed by atoms with Gasteiger partial charge < -0.3 is 14.6 Å². The van der Waals surface area contributed by atoms with E-state index in [2.05, 4.69) is 15.9 Å². The molecule has 0 spiro atoms. The first-order valence-corrected chi connectivity index (χ1v) is 14.4. The van der Waals surface area contributed by atoms with Crippen LogP contribution in [0.4, 0.5) is 0 Å². The van der Waals surface area contributed by atoms with Crippen LogP contribution < -0.4 is 9.47 Å². The van der Waals surface area contributed by atoms with E-state index in [0.29, 0.717) is 11.1 Å². The number of carbonyl (C=O) groups is 4. The lowest BCUT2D eigenvalue weighted by atomic mass is 9.56. The fourth-order valence-electron chi connectivity index (χ4n) is 6.94. The molecule has 4 amide bonds. The van der Waals surface area contributed by atoms with Gasteiger partial charge >= 0.3 is 0 Å². The highest BCUT2D eigenvalue weighted by atomic mass is 79.9. The second-order valence-corrected chi connectivity index (χ2v) is 13.2. The second kappa shape index (κ2) is 9.11. The minimum atomic E-state index is -2.01. The number of halogens is 3. The van der Waals surface area contributed by atoms with Crippen LogP contribution in [0.25, 0.3) is 0 Å². The van der Waals surface area contributed by atoms with Crippen LogP contribution in [0.15, 0.2) is 23.8 Å². The zero-order valence-corrected chi connectivity index (χ0v) is 25.2. The van der Waals surface area contributed by atoms with Gasteiger partial charge in [0.2, 0.25) is 11.8 Å². The maximum absolute atomic E-state index is 13.9. The molecule has 1 saturated carbocycles. The van der Waals surface area contributed by atoms with E-state index in [-0.39, 0.29) is 47.4 Å². The van der Waals surface area contributed by atoms with E-state index in [4.69, 9.17) is 32.7 Å². The number of alkyl halides is 3. The van der Waals surface area contributed by atoms with E-state index in [0.717, 1.165) is 4.90 Å². The molecule has 2 aliphatic carbocycles. The number of allylic oxidation sites excluding steroid dienone is 2. The van der Waals surface area contributed by atoms with Crippen LogP contribution in [-0.4, -0.2) is 73.5 Å². The predicted octanol–water partition coefficient (Wildman–Crippen LogP) is 3.92. The lowest BCUT2D eigenvalue weighted by Crippen LogP contribution is -2.60. The Balaban J connectivity index is 1.80. The van der Waals surface area contributed by atoms with Crippen molar-refractivity contribution in [2.75, 3.05) is 19.7 Å². The third-order valence-electron chi connectivity index (χ3n) is 8.50. The molecule has 3 fully saturated rings. The van der Waals surface area contributed by atoms with Gasteiger partial charge in [-0.25, -0.2) is 0 Å². The van der Waals surface area contributed by atoms with Crippen molar-refractivity contribution in [3.63, 3.8) is 0 Å². The summed E-state index contributed by atoms with van der Waals surface area (Å²) >= 11 is 17.7. The fourth-order valence-corrected chi connectivity index (χ4v) is 8.35. The van der Waals surface area contributed by atoms with E-state index < -0.39 is 50.8 Å². The van der Waals surface area contributed by atoms with Gasteiger partial charge in [-0.2, -0.15) is 0 Å². The van der Waals surface area contributed by atoms with Crippen molar-refractivity contribution in [1.29, 1.82) is 0 Å². The monoisotopic (exact) mass is 642 g/mol. The van der Waals surface area contributed by atoms with E-state index in [1.807, 2.05) is 6.08 Å². The van der Waals surface area contributed by atoms with Gasteiger partial charge in [-0.15, -0.1) is 23.2 Å². The van der Waals surface area contributed by atoms with Crippen molar-refractivity contribution in [3.05, 3.63) is 29.3 Å². The molecule has 2 aliphatic heterocycles. The highest BCUT2D eigenvalue weighted by Gasteiger charge is 2.77. The number of benzene rings is 1. The number of phenols is 1. The van der Waals surface area contributed by atoms with Crippen LogP contribution in [0.2, 0.25) is 0 Å². The molecule has 39 heavy (non-hydrogen) atoms. The number of hydrogen-bond acceptors (Lipinski definition) is 7. The van der Waals surface area contributed by atoms with Gasteiger partial charge in [0.25, 0.3) is 11.8 Å². The van der Waals surface area contributed by atoms with Crippen molar-refractivity contribution in [1.82, 2.24) is 9.80 Å². The number of aromatic hydroxyl groups is 1. The number of fused-ring (bicyclic) bond motifs is 4. The SMILES string of the molecule is COc1cc(O)cc(OC)c1C1C2=CCC3C(=O)N(C(C)(C)C)C(=O)C3C2CC2(Cl)C(=O)N(CBr)C(=O)C12Cl.